The second kappa shape index (κ2) is 2.91. The zero-order valence-electron chi connectivity index (χ0n) is 4.36. The molecule has 0 atom stereocenters. The van der Waals surface area contributed by atoms with Gasteiger partial charge in [-0.25, -0.2) is 0 Å². The van der Waals surface area contributed by atoms with Crippen molar-refractivity contribution in [2.45, 2.75) is 0 Å². The lowest BCUT2D eigenvalue weighted by Gasteiger charge is -1.76. The second-order valence-corrected chi connectivity index (χ2v) is 1.30. The third-order valence-electron chi connectivity index (χ3n) is 0.705. The van der Waals surface area contributed by atoms with Gasteiger partial charge in [0, 0.05) is 12.4 Å². The van der Waals surface area contributed by atoms with Gasteiger partial charge in [0.2, 0.25) is 0 Å². The summed E-state index contributed by atoms with van der Waals surface area (Å²) in [6.07, 6.45) is 10.7. The molecule has 0 unspecified atom stereocenters. The SMILES string of the molecule is C1=CN=N/C=C\C=C/1. The van der Waals surface area contributed by atoms with E-state index in [1.165, 1.54) is 0 Å². The zero-order chi connectivity index (χ0) is 5.66. The van der Waals surface area contributed by atoms with Crippen molar-refractivity contribution in [3.8, 4) is 0 Å². The molecule has 0 amide bonds. The van der Waals surface area contributed by atoms with Crippen LogP contribution in [0.4, 0.5) is 0 Å². The first-order chi connectivity index (χ1) is 4.00. The van der Waals surface area contributed by atoms with Crippen LogP contribution in [0.5, 0.6) is 0 Å². The summed E-state index contributed by atoms with van der Waals surface area (Å²) in [5.74, 6) is 0. The molecule has 0 bridgehead atoms. The maximum Gasteiger partial charge on any atom is 0.0495 e. The topological polar surface area (TPSA) is 24.7 Å². The van der Waals surface area contributed by atoms with Crippen molar-refractivity contribution in [2.75, 3.05) is 0 Å². The molecule has 0 aromatic carbocycles. The summed E-state index contributed by atoms with van der Waals surface area (Å²) in [6, 6.07) is 0. The van der Waals surface area contributed by atoms with Gasteiger partial charge in [-0.3, -0.25) is 0 Å². The van der Waals surface area contributed by atoms with Gasteiger partial charge in [0.25, 0.3) is 0 Å². The molecule has 1 rings (SSSR count). The summed E-state index contributed by atoms with van der Waals surface area (Å²) in [5.41, 5.74) is 0. The predicted octanol–water partition coefficient (Wildman–Crippen LogP) is 2.04. The molecule has 1 aliphatic rings. The Bertz CT molecular complexity index is 107. The Kier molecular flexibility index (Phi) is 1.80. The lowest BCUT2D eigenvalue weighted by Crippen LogP contribution is -1.54. The Hall–Kier alpha value is -1.18. The van der Waals surface area contributed by atoms with E-state index in [-0.39, 0.29) is 0 Å². The highest BCUT2D eigenvalue weighted by Crippen LogP contribution is 1.87. The molecule has 1 aliphatic heterocycles. The Labute approximate surface area is 47.9 Å². The number of nitrogens with zero attached hydrogens (tertiary/aromatic N) is 2. The van der Waals surface area contributed by atoms with E-state index in [0.29, 0.717) is 0 Å². The molecule has 0 N–H and O–H groups in total. The molecule has 0 aromatic rings. The smallest absolute Gasteiger partial charge is 0.0495 e. The third-order valence-corrected chi connectivity index (χ3v) is 0.705. The van der Waals surface area contributed by atoms with Crippen molar-refractivity contribution >= 4 is 0 Å². The minimum Gasteiger partial charge on any atom is -0.159 e. The number of allylic oxidation sites excluding steroid dienone is 4. The minimum atomic E-state index is 1.64. The van der Waals surface area contributed by atoms with Crippen LogP contribution in [0.25, 0.3) is 0 Å². The molecule has 0 saturated heterocycles. The Morgan fingerprint density at radius 2 is 1.12 bits per heavy atom. The number of hydrogen-bond donors (Lipinski definition) is 0. The van der Waals surface area contributed by atoms with Crippen LogP contribution < -0.4 is 0 Å². The van der Waals surface area contributed by atoms with E-state index in [9.17, 15) is 0 Å². The Morgan fingerprint density at radius 3 is 1.62 bits per heavy atom. The average Bonchev–Trinajstić information content (AvgIpc) is 1.62. The molecular formula is C6H6N2. The predicted molar refractivity (Wildman–Crippen MR) is 32.3 cm³/mol. The van der Waals surface area contributed by atoms with Gasteiger partial charge in [-0.15, -0.1) is 0 Å². The van der Waals surface area contributed by atoms with Crippen LogP contribution >= 0.6 is 0 Å². The van der Waals surface area contributed by atoms with Gasteiger partial charge in [0.05, 0.1) is 0 Å². The van der Waals surface area contributed by atoms with E-state index in [2.05, 4.69) is 10.2 Å². The highest BCUT2D eigenvalue weighted by molar-refractivity contribution is 5.11. The molecule has 2 nitrogen and oxygen atoms in total. The summed E-state index contributed by atoms with van der Waals surface area (Å²) < 4.78 is 0. The monoisotopic (exact) mass is 106 g/mol. The van der Waals surface area contributed by atoms with Gasteiger partial charge in [-0.1, -0.05) is 12.2 Å². The van der Waals surface area contributed by atoms with E-state index in [1.807, 2.05) is 24.3 Å². The molecule has 2 heteroatoms. The van der Waals surface area contributed by atoms with Crippen molar-refractivity contribution in [3.63, 3.8) is 0 Å². The first-order valence-electron chi connectivity index (χ1n) is 2.38. The third kappa shape index (κ3) is 1.51. The highest BCUT2D eigenvalue weighted by Gasteiger charge is 1.66. The van der Waals surface area contributed by atoms with Crippen LogP contribution in [0, 0.1) is 0 Å². The lowest BCUT2D eigenvalue weighted by atomic mass is 10.4. The van der Waals surface area contributed by atoms with Crippen molar-refractivity contribution in [2.24, 2.45) is 10.2 Å². The highest BCUT2D eigenvalue weighted by atomic mass is 15.1. The average molecular weight is 106 g/mol. The molecular weight excluding hydrogens is 100 g/mol. The molecule has 0 radical (unpaired) electrons. The molecule has 40 valence electrons. The summed E-state index contributed by atoms with van der Waals surface area (Å²) >= 11 is 0. The standard InChI is InChI=1S/C6H6N2/c1-2-4-6-8-7-5-3-1/h1-6H/b2-1-,3-1?,4-2?,5-3-,6-4?,7-5?,8-6?,8-7?. The maximum atomic E-state index is 3.64. The van der Waals surface area contributed by atoms with Gasteiger partial charge in [-0.2, -0.15) is 10.2 Å². The summed E-state index contributed by atoms with van der Waals surface area (Å²) in [6.45, 7) is 0. The molecule has 8 heavy (non-hydrogen) atoms. The fourth-order valence-electron chi connectivity index (χ4n) is 0.382. The van der Waals surface area contributed by atoms with Gasteiger partial charge in [-0.05, 0) is 12.2 Å². The van der Waals surface area contributed by atoms with E-state index >= 15 is 0 Å². The van der Waals surface area contributed by atoms with E-state index in [1.54, 1.807) is 12.4 Å². The van der Waals surface area contributed by atoms with Crippen molar-refractivity contribution in [1.29, 1.82) is 0 Å². The molecule has 0 aliphatic carbocycles. The van der Waals surface area contributed by atoms with Crippen LogP contribution in [-0.4, -0.2) is 0 Å². The Morgan fingerprint density at radius 1 is 0.625 bits per heavy atom. The van der Waals surface area contributed by atoms with Crippen molar-refractivity contribution in [1.82, 2.24) is 0 Å². The van der Waals surface area contributed by atoms with Gasteiger partial charge in [0.1, 0.15) is 0 Å². The van der Waals surface area contributed by atoms with Crippen LogP contribution in [0.15, 0.2) is 46.9 Å². The van der Waals surface area contributed by atoms with E-state index in [4.69, 9.17) is 0 Å². The van der Waals surface area contributed by atoms with Crippen molar-refractivity contribution in [3.05, 3.63) is 36.7 Å². The first kappa shape index (κ1) is 4.97. The van der Waals surface area contributed by atoms with Crippen LogP contribution in [0.1, 0.15) is 0 Å². The lowest BCUT2D eigenvalue weighted by molar-refractivity contribution is 1.22. The molecule has 0 spiro atoms. The zero-order valence-corrected chi connectivity index (χ0v) is 4.36. The van der Waals surface area contributed by atoms with Crippen molar-refractivity contribution < 1.29 is 0 Å². The normalized spacial score (nSPS) is 24.0. The summed E-state index contributed by atoms with van der Waals surface area (Å²) in [4.78, 5) is 0. The van der Waals surface area contributed by atoms with Gasteiger partial charge >= 0.3 is 0 Å². The fourth-order valence-corrected chi connectivity index (χ4v) is 0.382. The number of azo groups is 1. The van der Waals surface area contributed by atoms with Gasteiger partial charge in [0.15, 0.2) is 0 Å². The van der Waals surface area contributed by atoms with E-state index < -0.39 is 0 Å². The quantitative estimate of drug-likeness (QED) is 0.451. The molecule has 0 saturated carbocycles. The Balaban J connectivity index is 2.67. The van der Waals surface area contributed by atoms with Crippen LogP contribution in [0.3, 0.4) is 0 Å². The fraction of sp³-hybridized carbons (Fsp3) is 0. The van der Waals surface area contributed by atoms with Crippen LogP contribution in [-0.2, 0) is 0 Å². The van der Waals surface area contributed by atoms with Gasteiger partial charge < -0.3 is 0 Å². The number of rotatable bonds is 0. The first-order valence-corrected chi connectivity index (χ1v) is 2.38. The molecule has 1 heterocycles. The van der Waals surface area contributed by atoms with E-state index in [0.717, 1.165) is 0 Å². The summed E-state index contributed by atoms with van der Waals surface area (Å²) in [5, 5.41) is 7.27. The maximum absolute atomic E-state index is 3.64. The van der Waals surface area contributed by atoms with Crippen LogP contribution in [0.2, 0.25) is 0 Å². The summed E-state index contributed by atoms with van der Waals surface area (Å²) in [7, 11) is 0. The molecule has 0 fully saturated rings. The largest absolute Gasteiger partial charge is 0.159 e. The number of hydrogen-bond acceptors (Lipinski definition) is 2. The second-order valence-electron chi connectivity index (χ2n) is 1.30. The molecule has 0 aromatic heterocycles. The minimum absolute atomic E-state index is 1.64.